The molecular weight excluding hydrogens is 406 g/mol. The standard InChI is InChI=1S/C26H23NO5/c1-16-3-7-18(8-4-16)22-23(19-9-11-20(12-10-19)26(30)31)27(25(29)24(22)28)15-17-5-13-21(32-2)14-6-17/h3-14,23,28H,15H2,1-2H3,(H,30,31)/t23-/m0/s1. The highest BCUT2D eigenvalue weighted by Crippen LogP contribution is 2.43. The minimum absolute atomic E-state index is 0.157. The van der Waals surface area contributed by atoms with E-state index in [1.54, 1.807) is 24.1 Å². The molecule has 4 rings (SSSR count). The van der Waals surface area contributed by atoms with Crippen molar-refractivity contribution in [1.29, 1.82) is 0 Å². The van der Waals surface area contributed by atoms with Gasteiger partial charge in [-0.25, -0.2) is 4.79 Å². The fourth-order valence-corrected chi connectivity index (χ4v) is 3.93. The first-order valence-corrected chi connectivity index (χ1v) is 10.2. The summed E-state index contributed by atoms with van der Waals surface area (Å²) in [4.78, 5) is 26.0. The Kier molecular flexibility index (Phi) is 5.69. The average Bonchev–Trinajstić information content (AvgIpc) is 3.05. The largest absolute Gasteiger partial charge is 0.503 e. The molecule has 162 valence electrons. The molecule has 3 aromatic carbocycles. The molecule has 0 saturated carbocycles. The lowest BCUT2D eigenvalue weighted by molar-refractivity contribution is -0.130. The van der Waals surface area contributed by atoms with Crippen molar-refractivity contribution in [1.82, 2.24) is 4.90 Å². The van der Waals surface area contributed by atoms with Gasteiger partial charge in [0.05, 0.1) is 18.7 Å². The van der Waals surface area contributed by atoms with Crippen molar-refractivity contribution in [2.45, 2.75) is 19.5 Å². The normalized spacial score (nSPS) is 15.9. The summed E-state index contributed by atoms with van der Waals surface area (Å²) >= 11 is 0. The van der Waals surface area contributed by atoms with Crippen LogP contribution in [0.2, 0.25) is 0 Å². The zero-order valence-electron chi connectivity index (χ0n) is 17.8. The summed E-state index contributed by atoms with van der Waals surface area (Å²) in [7, 11) is 1.59. The Morgan fingerprint density at radius 3 is 2.16 bits per heavy atom. The van der Waals surface area contributed by atoms with Crippen molar-refractivity contribution in [3.63, 3.8) is 0 Å². The van der Waals surface area contributed by atoms with E-state index in [9.17, 15) is 19.8 Å². The van der Waals surface area contributed by atoms with Crippen LogP contribution in [0.5, 0.6) is 5.75 Å². The van der Waals surface area contributed by atoms with Crippen LogP contribution in [-0.4, -0.2) is 34.1 Å². The number of benzene rings is 3. The van der Waals surface area contributed by atoms with E-state index in [0.717, 1.165) is 22.3 Å². The Bertz CT molecular complexity index is 1180. The summed E-state index contributed by atoms with van der Waals surface area (Å²) in [5.41, 5.74) is 4.07. The van der Waals surface area contributed by atoms with Crippen molar-refractivity contribution in [3.8, 4) is 5.75 Å². The number of amides is 1. The van der Waals surface area contributed by atoms with E-state index in [2.05, 4.69) is 0 Å². The Labute approximate surface area is 186 Å². The zero-order valence-corrected chi connectivity index (χ0v) is 17.8. The molecule has 1 heterocycles. The Morgan fingerprint density at radius 1 is 0.969 bits per heavy atom. The molecule has 32 heavy (non-hydrogen) atoms. The molecule has 6 nitrogen and oxygen atoms in total. The molecule has 0 radical (unpaired) electrons. The Morgan fingerprint density at radius 2 is 1.59 bits per heavy atom. The molecule has 2 N–H and O–H groups in total. The number of carbonyl (C=O) groups is 2. The number of nitrogens with zero attached hydrogens (tertiary/aromatic N) is 1. The maximum absolute atomic E-state index is 13.1. The fourth-order valence-electron chi connectivity index (χ4n) is 3.93. The van der Waals surface area contributed by atoms with Crippen molar-refractivity contribution in [3.05, 3.63) is 106 Å². The summed E-state index contributed by atoms with van der Waals surface area (Å²) in [6, 6.07) is 20.8. The van der Waals surface area contributed by atoms with E-state index in [1.807, 2.05) is 55.5 Å². The van der Waals surface area contributed by atoms with Crippen molar-refractivity contribution >= 4 is 17.4 Å². The van der Waals surface area contributed by atoms with Crippen LogP contribution in [0.1, 0.15) is 38.7 Å². The van der Waals surface area contributed by atoms with Gasteiger partial charge in [-0.05, 0) is 47.9 Å². The Hall–Kier alpha value is -4.06. The molecule has 1 aliphatic rings. The lowest BCUT2D eigenvalue weighted by atomic mass is 9.92. The molecule has 1 aliphatic heterocycles. The summed E-state index contributed by atoms with van der Waals surface area (Å²) < 4.78 is 5.21. The van der Waals surface area contributed by atoms with Crippen LogP contribution in [0.3, 0.4) is 0 Å². The second-order valence-electron chi connectivity index (χ2n) is 7.74. The van der Waals surface area contributed by atoms with Gasteiger partial charge in [0.25, 0.3) is 5.91 Å². The van der Waals surface area contributed by atoms with Crippen LogP contribution in [0.25, 0.3) is 5.57 Å². The molecule has 1 atom stereocenters. The maximum Gasteiger partial charge on any atom is 0.335 e. The molecule has 1 amide bonds. The fraction of sp³-hybridized carbons (Fsp3) is 0.154. The molecule has 0 aromatic heterocycles. The predicted molar refractivity (Wildman–Crippen MR) is 120 cm³/mol. The number of ether oxygens (including phenoxy) is 1. The van der Waals surface area contributed by atoms with Gasteiger partial charge in [0, 0.05) is 12.1 Å². The van der Waals surface area contributed by atoms with E-state index < -0.39 is 17.9 Å². The number of hydrogen-bond donors (Lipinski definition) is 2. The first kappa shape index (κ1) is 21.2. The SMILES string of the molecule is COc1ccc(CN2C(=O)C(O)=C(c3ccc(C)cc3)[C@@H]2c2ccc(C(=O)O)cc2)cc1. The molecular formula is C26H23NO5. The van der Waals surface area contributed by atoms with Crippen LogP contribution in [0.4, 0.5) is 0 Å². The zero-order chi connectivity index (χ0) is 22.8. The van der Waals surface area contributed by atoms with Crippen LogP contribution >= 0.6 is 0 Å². The molecule has 0 spiro atoms. The lowest BCUT2D eigenvalue weighted by Crippen LogP contribution is -2.29. The average molecular weight is 429 g/mol. The van der Waals surface area contributed by atoms with E-state index in [4.69, 9.17) is 4.74 Å². The number of aromatic carboxylic acids is 1. The molecule has 0 bridgehead atoms. The number of carbonyl (C=O) groups excluding carboxylic acids is 1. The number of aryl methyl sites for hydroxylation is 1. The second kappa shape index (κ2) is 8.59. The van der Waals surface area contributed by atoms with Gasteiger partial charge in [-0.15, -0.1) is 0 Å². The number of aliphatic hydroxyl groups is 1. The third kappa shape index (κ3) is 3.95. The van der Waals surface area contributed by atoms with Gasteiger partial charge >= 0.3 is 5.97 Å². The van der Waals surface area contributed by atoms with Crippen molar-refractivity contribution in [2.75, 3.05) is 7.11 Å². The van der Waals surface area contributed by atoms with Crippen LogP contribution in [0, 0.1) is 6.92 Å². The van der Waals surface area contributed by atoms with Crippen LogP contribution in [-0.2, 0) is 11.3 Å². The summed E-state index contributed by atoms with van der Waals surface area (Å²) in [6.07, 6.45) is 0. The first-order chi connectivity index (χ1) is 15.4. The van der Waals surface area contributed by atoms with Gasteiger partial charge in [-0.2, -0.15) is 0 Å². The van der Waals surface area contributed by atoms with Gasteiger partial charge in [0.1, 0.15) is 5.75 Å². The highest BCUT2D eigenvalue weighted by Gasteiger charge is 2.41. The number of hydrogen-bond acceptors (Lipinski definition) is 4. The Balaban J connectivity index is 1.78. The quantitative estimate of drug-likeness (QED) is 0.590. The predicted octanol–water partition coefficient (Wildman–Crippen LogP) is 4.75. The molecule has 6 heteroatoms. The lowest BCUT2D eigenvalue weighted by Gasteiger charge is -2.27. The number of aliphatic hydroxyl groups excluding tert-OH is 1. The van der Waals surface area contributed by atoms with Crippen LogP contribution < -0.4 is 4.74 Å². The van der Waals surface area contributed by atoms with Gasteiger partial charge in [0.15, 0.2) is 5.76 Å². The minimum atomic E-state index is -1.02. The number of carboxylic acid groups (broad SMARTS) is 1. The van der Waals surface area contributed by atoms with Crippen molar-refractivity contribution in [2.24, 2.45) is 0 Å². The van der Waals surface area contributed by atoms with Crippen molar-refractivity contribution < 1.29 is 24.5 Å². The highest BCUT2D eigenvalue weighted by atomic mass is 16.5. The van der Waals surface area contributed by atoms with Gasteiger partial charge in [-0.1, -0.05) is 54.1 Å². The molecule has 3 aromatic rings. The smallest absolute Gasteiger partial charge is 0.335 e. The molecule has 0 unspecified atom stereocenters. The van der Waals surface area contributed by atoms with E-state index in [0.29, 0.717) is 11.3 Å². The van der Waals surface area contributed by atoms with Crippen LogP contribution in [0.15, 0.2) is 78.6 Å². The second-order valence-corrected chi connectivity index (χ2v) is 7.74. The number of methoxy groups -OCH3 is 1. The maximum atomic E-state index is 13.1. The monoisotopic (exact) mass is 429 g/mol. The minimum Gasteiger partial charge on any atom is -0.503 e. The van der Waals surface area contributed by atoms with Gasteiger partial charge in [0.2, 0.25) is 0 Å². The topological polar surface area (TPSA) is 87.1 Å². The summed E-state index contributed by atoms with van der Waals surface area (Å²) in [5, 5.41) is 20.1. The molecule has 0 saturated heterocycles. The van der Waals surface area contributed by atoms with Gasteiger partial charge in [-0.3, -0.25) is 4.79 Å². The molecule has 0 fully saturated rings. The highest BCUT2D eigenvalue weighted by molar-refractivity contribution is 6.05. The van der Waals surface area contributed by atoms with Gasteiger partial charge < -0.3 is 19.8 Å². The van der Waals surface area contributed by atoms with E-state index >= 15 is 0 Å². The first-order valence-electron chi connectivity index (χ1n) is 10.2. The summed E-state index contributed by atoms with van der Waals surface area (Å²) in [6.45, 7) is 2.24. The van der Waals surface area contributed by atoms with E-state index in [-0.39, 0.29) is 17.9 Å². The third-order valence-electron chi connectivity index (χ3n) is 5.65. The third-order valence-corrected chi connectivity index (χ3v) is 5.65. The number of carboxylic acids is 1. The summed E-state index contributed by atoms with van der Waals surface area (Å²) in [5.74, 6) is -1.08. The number of rotatable bonds is 6. The molecule has 0 aliphatic carbocycles. The van der Waals surface area contributed by atoms with E-state index in [1.165, 1.54) is 12.1 Å².